The average Bonchev–Trinajstić information content (AvgIpc) is 4.43. The second-order valence-corrected chi connectivity index (χ2v) is 21.0. The Morgan fingerprint density at radius 1 is 0.218 bits per heavy atom. The van der Waals surface area contributed by atoms with Gasteiger partial charge in [0.1, 0.15) is 0 Å². The molecule has 0 spiro atoms. The Morgan fingerprint density at radius 2 is 0.551 bits per heavy atom. The van der Waals surface area contributed by atoms with Crippen molar-refractivity contribution in [3.05, 3.63) is 290 Å². The minimum absolute atomic E-state index is 0.795. The molecular formula is C74H50N4. The zero-order valence-corrected chi connectivity index (χ0v) is 43.0. The lowest BCUT2D eigenvalue weighted by atomic mass is 9.98. The molecule has 0 bridgehead atoms. The lowest BCUT2D eigenvalue weighted by Gasteiger charge is -2.10. The van der Waals surface area contributed by atoms with Crippen LogP contribution < -0.4 is 0 Å². The Hall–Kier alpha value is -10.2. The molecule has 0 saturated carbocycles. The van der Waals surface area contributed by atoms with E-state index < -0.39 is 0 Å². The van der Waals surface area contributed by atoms with Crippen molar-refractivity contribution in [2.75, 3.05) is 0 Å². The van der Waals surface area contributed by atoms with Crippen molar-refractivity contribution in [3.8, 4) is 45.0 Å². The van der Waals surface area contributed by atoms with Gasteiger partial charge in [0.15, 0.2) is 0 Å². The summed E-state index contributed by atoms with van der Waals surface area (Å²) in [5.41, 5.74) is 22.9. The first-order valence-electron chi connectivity index (χ1n) is 27.0. The lowest BCUT2D eigenvalue weighted by Crippen LogP contribution is -1.95. The smallest absolute Gasteiger partial charge is 0.0543 e. The van der Waals surface area contributed by atoms with E-state index in [0.717, 1.165) is 17.8 Å². The van der Waals surface area contributed by atoms with E-state index in [4.69, 9.17) is 0 Å². The number of hydrogen-bond donors (Lipinski definition) is 0. The number of benzene rings is 12. The summed E-state index contributed by atoms with van der Waals surface area (Å²) in [6.07, 6.45) is 0.795. The number of para-hydroxylation sites is 5. The molecule has 0 fully saturated rings. The van der Waals surface area contributed by atoms with E-state index in [9.17, 15) is 0 Å². The van der Waals surface area contributed by atoms with Crippen LogP contribution in [-0.4, -0.2) is 18.3 Å². The monoisotopic (exact) mass is 994 g/mol. The molecule has 0 unspecified atom stereocenters. The molecule has 12 aromatic carbocycles. The highest BCUT2D eigenvalue weighted by Gasteiger charge is 2.20. The Kier molecular flexibility index (Phi) is 9.88. The van der Waals surface area contributed by atoms with Crippen molar-refractivity contribution >= 4 is 87.2 Å². The Morgan fingerprint density at radius 3 is 1.03 bits per heavy atom. The summed E-state index contributed by atoms with van der Waals surface area (Å²) in [4.78, 5) is 0. The summed E-state index contributed by atoms with van der Waals surface area (Å²) in [6.45, 7) is 2.16. The fourth-order valence-corrected chi connectivity index (χ4v) is 12.9. The minimum Gasteiger partial charge on any atom is -0.309 e. The third-order valence-electron chi connectivity index (χ3n) is 16.4. The van der Waals surface area contributed by atoms with E-state index in [1.807, 2.05) is 0 Å². The van der Waals surface area contributed by atoms with E-state index in [1.54, 1.807) is 0 Å². The minimum atomic E-state index is 0.795. The van der Waals surface area contributed by atoms with Gasteiger partial charge in [-0.25, -0.2) is 0 Å². The summed E-state index contributed by atoms with van der Waals surface area (Å²) < 4.78 is 9.67. The molecular weight excluding hydrogens is 945 g/mol. The van der Waals surface area contributed by atoms with Gasteiger partial charge in [0.05, 0.1) is 44.1 Å². The highest BCUT2D eigenvalue weighted by Crippen LogP contribution is 2.42. The predicted octanol–water partition coefficient (Wildman–Crippen LogP) is 19.3. The van der Waals surface area contributed by atoms with Crippen molar-refractivity contribution in [2.45, 2.75) is 13.3 Å². The maximum atomic E-state index is 2.45. The van der Waals surface area contributed by atoms with Gasteiger partial charge < -0.3 is 18.3 Å². The molecule has 4 heteroatoms. The van der Waals surface area contributed by atoms with Crippen LogP contribution in [0.5, 0.6) is 0 Å². The molecule has 4 nitrogen and oxygen atoms in total. The molecule has 4 aromatic heterocycles. The maximum absolute atomic E-state index is 2.45. The number of nitrogens with zero attached hydrogens (tertiary/aromatic N) is 4. The van der Waals surface area contributed by atoms with Crippen LogP contribution in [0.1, 0.15) is 16.7 Å². The van der Waals surface area contributed by atoms with Crippen molar-refractivity contribution in [2.24, 2.45) is 0 Å². The largest absolute Gasteiger partial charge is 0.309 e. The molecule has 16 rings (SSSR count). The number of rotatable bonds is 8. The second kappa shape index (κ2) is 17.5. The molecule has 0 saturated heterocycles. The third kappa shape index (κ3) is 6.93. The molecule has 78 heavy (non-hydrogen) atoms. The third-order valence-corrected chi connectivity index (χ3v) is 16.4. The van der Waals surface area contributed by atoms with Crippen LogP contribution in [0.4, 0.5) is 0 Å². The van der Waals surface area contributed by atoms with Gasteiger partial charge in [-0.3, -0.25) is 0 Å². The molecule has 0 radical (unpaired) electrons. The molecule has 0 atom stereocenters. The summed E-state index contributed by atoms with van der Waals surface area (Å²) >= 11 is 0. The van der Waals surface area contributed by atoms with Crippen molar-refractivity contribution in [1.82, 2.24) is 18.3 Å². The predicted molar refractivity (Wildman–Crippen MR) is 329 cm³/mol. The van der Waals surface area contributed by atoms with Crippen LogP contribution >= 0.6 is 0 Å². The standard InChI is InChI=1S/C74H50N4/c1-48-16-15-23-58(40-48)78-68-27-14-12-25-60(68)64-45-51(32-38-72(64)78)53-31-37-71-65(46-53)61-34-28-50(43-74(61)77(71)57-21-9-4-10-22-57)41-49-29-35-69-62(42-49)66-47-54(33-39-73(66)76(69)56-19-7-3-8-20-56)52-30-36-70-63(44-52)59-24-11-13-26-67(59)75(70)55-17-5-2-6-18-55/h2-40,42-47H,41H2,1H3. The lowest BCUT2D eigenvalue weighted by molar-refractivity contribution is 1.16. The Labute approximate surface area is 451 Å². The summed E-state index contributed by atoms with van der Waals surface area (Å²) in [5, 5.41) is 10.00. The van der Waals surface area contributed by atoms with Crippen LogP contribution in [0.15, 0.2) is 273 Å². The second-order valence-electron chi connectivity index (χ2n) is 21.0. The first-order chi connectivity index (χ1) is 38.6. The van der Waals surface area contributed by atoms with E-state index in [0.29, 0.717) is 0 Å². The van der Waals surface area contributed by atoms with E-state index >= 15 is 0 Å². The molecule has 0 aliphatic heterocycles. The van der Waals surface area contributed by atoms with Gasteiger partial charge in [0, 0.05) is 65.8 Å². The Bertz CT molecular complexity index is 5050. The highest BCUT2D eigenvalue weighted by atomic mass is 15.0. The van der Waals surface area contributed by atoms with E-state index in [2.05, 4.69) is 298 Å². The normalized spacial score (nSPS) is 12.0. The van der Waals surface area contributed by atoms with Crippen molar-refractivity contribution in [1.29, 1.82) is 0 Å². The SMILES string of the molecule is Cc1cccc(-n2c3ccccc3c3cc(-c4ccc5c(c4)c4ccc(Cc6ccc7c(c6)c6cc(-c8ccc9c(c8)c8ccccc8n9-c8ccccc8)ccc6n7-c6ccccc6)cc4n5-c4ccccc4)ccc32)c1. The maximum Gasteiger partial charge on any atom is 0.0543 e. The fraction of sp³-hybridized carbons (Fsp3) is 0.0270. The first-order valence-corrected chi connectivity index (χ1v) is 27.0. The first kappa shape index (κ1) is 44.2. The van der Waals surface area contributed by atoms with Gasteiger partial charge in [0.25, 0.3) is 0 Å². The molecule has 0 aliphatic carbocycles. The van der Waals surface area contributed by atoms with Gasteiger partial charge >= 0.3 is 0 Å². The van der Waals surface area contributed by atoms with E-state index in [1.165, 1.54) is 138 Å². The number of aromatic nitrogens is 4. The van der Waals surface area contributed by atoms with Crippen LogP contribution in [-0.2, 0) is 6.42 Å². The fourth-order valence-electron chi connectivity index (χ4n) is 12.9. The molecule has 4 heterocycles. The van der Waals surface area contributed by atoms with Crippen LogP contribution in [0, 0.1) is 6.92 Å². The summed E-state index contributed by atoms with van der Waals surface area (Å²) in [7, 11) is 0. The molecule has 0 aliphatic rings. The molecule has 366 valence electrons. The van der Waals surface area contributed by atoms with Crippen LogP contribution in [0.3, 0.4) is 0 Å². The molecule has 0 amide bonds. The van der Waals surface area contributed by atoms with E-state index in [-0.39, 0.29) is 0 Å². The topological polar surface area (TPSA) is 19.7 Å². The summed E-state index contributed by atoms with van der Waals surface area (Å²) in [6, 6.07) is 101. The van der Waals surface area contributed by atoms with Gasteiger partial charge in [0.2, 0.25) is 0 Å². The Balaban J connectivity index is 0.806. The van der Waals surface area contributed by atoms with Gasteiger partial charge in [-0.15, -0.1) is 0 Å². The highest BCUT2D eigenvalue weighted by molar-refractivity contribution is 6.15. The zero-order chi connectivity index (χ0) is 51.4. The van der Waals surface area contributed by atoms with Gasteiger partial charge in [-0.05, 0) is 180 Å². The number of fused-ring (bicyclic) bond motifs is 12. The average molecular weight is 995 g/mol. The summed E-state index contributed by atoms with van der Waals surface area (Å²) in [5.74, 6) is 0. The van der Waals surface area contributed by atoms with Crippen molar-refractivity contribution in [3.63, 3.8) is 0 Å². The van der Waals surface area contributed by atoms with Gasteiger partial charge in [-0.2, -0.15) is 0 Å². The van der Waals surface area contributed by atoms with Crippen LogP contribution in [0.2, 0.25) is 0 Å². The quantitative estimate of drug-likeness (QED) is 0.145. The van der Waals surface area contributed by atoms with Crippen LogP contribution in [0.25, 0.3) is 132 Å². The molecule has 16 aromatic rings. The number of aryl methyl sites for hydroxylation is 1. The number of hydrogen-bond acceptors (Lipinski definition) is 0. The van der Waals surface area contributed by atoms with Gasteiger partial charge in [-0.1, -0.05) is 146 Å². The zero-order valence-electron chi connectivity index (χ0n) is 43.0. The van der Waals surface area contributed by atoms with Crippen molar-refractivity contribution < 1.29 is 0 Å². The molecule has 0 N–H and O–H groups in total.